The number of halogens is 4. The van der Waals surface area contributed by atoms with Crippen LogP contribution >= 0.6 is 31.9 Å². The van der Waals surface area contributed by atoms with Gasteiger partial charge in [0.1, 0.15) is 11.6 Å². The molecule has 94 valence electrons. The van der Waals surface area contributed by atoms with Crippen LogP contribution in [-0.4, -0.2) is 0 Å². The average molecular weight is 377 g/mol. The van der Waals surface area contributed by atoms with Gasteiger partial charge in [-0.25, -0.2) is 8.78 Å². The first-order valence-corrected chi connectivity index (χ1v) is 6.78. The molecule has 0 spiro atoms. The second-order valence-electron chi connectivity index (χ2n) is 3.73. The van der Waals surface area contributed by atoms with Gasteiger partial charge in [0.05, 0.1) is 8.95 Å². The molecule has 1 N–H and O–H groups in total. The maximum atomic E-state index is 13.3. The van der Waals surface area contributed by atoms with E-state index in [1.165, 1.54) is 12.1 Å². The second kappa shape index (κ2) is 5.80. The first-order valence-electron chi connectivity index (χ1n) is 5.19. The lowest BCUT2D eigenvalue weighted by atomic mass is 10.2. The van der Waals surface area contributed by atoms with Crippen molar-refractivity contribution in [3.63, 3.8) is 0 Å². The molecule has 0 amide bonds. The highest BCUT2D eigenvalue weighted by molar-refractivity contribution is 9.10. The zero-order valence-electron chi connectivity index (χ0n) is 9.18. The largest absolute Gasteiger partial charge is 0.381 e. The number of rotatable bonds is 3. The number of benzene rings is 2. The first-order chi connectivity index (χ1) is 8.56. The van der Waals surface area contributed by atoms with Crippen LogP contribution in [0.5, 0.6) is 0 Å². The fourth-order valence-corrected chi connectivity index (χ4v) is 2.13. The smallest absolute Gasteiger partial charge is 0.139 e. The molecule has 2 aromatic rings. The SMILES string of the molecule is Fc1cc(NCc2ccc(F)c(Br)c2)ccc1Br. The summed E-state index contributed by atoms with van der Waals surface area (Å²) in [6, 6.07) is 9.58. The molecule has 0 fully saturated rings. The van der Waals surface area contributed by atoms with Gasteiger partial charge < -0.3 is 5.32 Å². The van der Waals surface area contributed by atoms with Gasteiger partial charge in [0, 0.05) is 12.2 Å². The third-order valence-electron chi connectivity index (χ3n) is 2.40. The lowest BCUT2D eigenvalue weighted by Gasteiger charge is -2.08. The van der Waals surface area contributed by atoms with E-state index in [0.29, 0.717) is 21.2 Å². The highest BCUT2D eigenvalue weighted by Crippen LogP contribution is 2.21. The van der Waals surface area contributed by atoms with Crippen molar-refractivity contribution in [2.45, 2.75) is 6.54 Å². The molecule has 0 aliphatic heterocycles. The molecular weight excluding hydrogens is 368 g/mol. The molecule has 0 aliphatic carbocycles. The Morgan fingerprint density at radius 2 is 1.67 bits per heavy atom. The summed E-state index contributed by atoms with van der Waals surface area (Å²) in [7, 11) is 0. The molecule has 0 saturated heterocycles. The van der Waals surface area contributed by atoms with Gasteiger partial charge in [-0.3, -0.25) is 0 Å². The number of nitrogens with one attached hydrogen (secondary N) is 1. The van der Waals surface area contributed by atoms with E-state index < -0.39 is 0 Å². The molecule has 0 saturated carbocycles. The molecular formula is C13H9Br2F2N. The van der Waals surface area contributed by atoms with Crippen LogP contribution in [0.25, 0.3) is 0 Å². The Morgan fingerprint density at radius 1 is 0.889 bits per heavy atom. The van der Waals surface area contributed by atoms with Crippen molar-refractivity contribution >= 4 is 37.5 Å². The minimum Gasteiger partial charge on any atom is -0.381 e. The predicted octanol–water partition coefficient (Wildman–Crippen LogP) is 5.10. The summed E-state index contributed by atoms with van der Waals surface area (Å²) in [4.78, 5) is 0. The lowest BCUT2D eigenvalue weighted by molar-refractivity contribution is 0.620. The van der Waals surface area contributed by atoms with Crippen LogP contribution in [0.4, 0.5) is 14.5 Å². The molecule has 1 nitrogen and oxygen atoms in total. The molecule has 2 aromatic carbocycles. The molecule has 0 aliphatic rings. The van der Waals surface area contributed by atoms with Gasteiger partial charge >= 0.3 is 0 Å². The Morgan fingerprint density at radius 3 is 2.33 bits per heavy atom. The summed E-state index contributed by atoms with van der Waals surface area (Å²) in [5.74, 6) is -0.617. The number of anilines is 1. The molecule has 0 unspecified atom stereocenters. The average Bonchev–Trinajstić information content (AvgIpc) is 2.35. The van der Waals surface area contributed by atoms with E-state index in [-0.39, 0.29) is 11.6 Å². The van der Waals surface area contributed by atoms with Crippen molar-refractivity contribution in [1.82, 2.24) is 0 Å². The number of hydrogen-bond donors (Lipinski definition) is 1. The quantitative estimate of drug-likeness (QED) is 0.785. The summed E-state index contributed by atoms with van der Waals surface area (Å²) in [6.45, 7) is 0.500. The monoisotopic (exact) mass is 375 g/mol. The normalized spacial score (nSPS) is 10.4. The maximum Gasteiger partial charge on any atom is 0.139 e. The molecule has 5 heteroatoms. The highest BCUT2D eigenvalue weighted by atomic mass is 79.9. The summed E-state index contributed by atoms with van der Waals surface area (Å²) in [5, 5.41) is 3.07. The Bertz CT molecular complexity index is 521. The van der Waals surface area contributed by atoms with Crippen LogP contribution in [0.2, 0.25) is 0 Å². The van der Waals surface area contributed by atoms with Crippen LogP contribution in [0.3, 0.4) is 0 Å². The van der Waals surface area contributed by atoms with Crippen molar-refractivity contribution in [2.75, 3.05) is 5.32 Å². The molecule has 0 atom stereocenters. The summed E-state index contributed by atoms with van der Waals surface area (Å²) in [5.41, 5.74) is 1.59. The van der Waals surface area contributed by atoms with Gasteiger partial charge in [0.2, 0.25) is 0 Å². The van der Waals surface area contributed by atoms with Gasteiger partial charge in [-0.2, -0.15) is 0 Å². The van der Waals surface area contributed by atoms with E-state index in [9.17, 15) is 8.78 Å². The van der Waals surface area contributed by atoms with Gasteiger partial charge in [0.25, 0.3) is 0 Å². The molecule has 0 radical (unpaired) electrons. The van der Waals surface area contributed by atoms with E-state index in [1.54, 1.807) is 24.3 Å². The van der Waals surface area contributed by atoms with Crippen LogP contribution in [0.1, 0.15) is 5.56 Å². The van der Waals surface area contributed by atoms with Gasteiger partial charge in [0.15, 0.2) is 0 Å². The highest BCUT2D eigenvalue weighted by Gasteiger charge is 2.02. The molecule has 0 bridgehead atoms. The van der Waals surface area contributed by atoms with Gasteiger partial charge in [-0.1, -0.05) is 6.07 Å². The minimum atomic E-state index is -0.319. The fourth-order valence-electron chi connectivity index (χ4n) is 1.46. The van der Waals surface area contributed by atoms with E-state index in [0.717, 1.165) is 5.56 Å². The Kier molecular flexibility index (Phi) is 4.35. The fraction of sp³-hybridized carbons (Fsp3) is 0.0769. The lowest BCUT2D eigenvalue weighted by Crippen LogP contribution is -2.00. The van der Waals surface area contributed by atoms with E-state index in [4.69, 9.17) is 0 Å². The topological polar surface area (TPSA) is 12.0 Å². The summed E-state index contributed by atoms with van der Waals surface area (Å²) < 4.78 is 27.2. The van der Waals surface area contributed by atoms with E-state index in [1.807, 2.05) is 0 Å². The zero-order valence-corrected chi connectivity index (χ0v) is 12.4. The summed E-state index contributed by atoms with van der Waals surface area (Å²) >= 11 is 6.22. The van der Waals surface area contributed by atoms with Crippen LogP contribution < -0.4 is 5.32 Å². The number of hydrogen-bond acceptors (Lipinski definition) is 1. The van der Waals surface area contributed by atoms with E-state index in [2.05, 4.69) is 37.2 Å². The van der Waals surface area contributed by atoms with Crippen molar-refractivity contribution in [2.24, 2.45) is 0 Å². The Labute approximate surface area is 120 Å². The van der Waals surface area contributed by atoms with E-state index >= 15 is 0 Å². The molecule has 0 heterocycles. The second-order valence-corrected chi connectivity index (χ2v) is 5.44. The van der Waals surface area contributed by atoms with Crippen molar-refractivity contribution < 1.29 is 8.78 Å². The van der Waals surface area contributed by atoms with Crippen LogP contribution in [0, 0.1) is 11.6 Å². The third-order valence-corrected chi connectivity index (χ3v) is 3.65. The third kappa shape index (κ3) is 3.29. The van der Waals surface area contributed by atoms with Crippen LogP contribution in [-0.2, 0) is 6.54 Å². The minimum absolute atomic E-state index is 0.298. The molecule has 0 aromatic heterocycles. The molecule has 2 rings (SSSR count). The summed E-state index contributed by atoms with van der Waals surface area (Å²) in [6.07, 6.45) is 0. The van der Waals surface area contributed by atoms with Crippen molar-refractivity contribution in [3.8, 4) is 0 Å². The Hall–Kier alpha value is -0.940. The molecule has 18 heavy (non-hydrogen) atoms. The predicted molar refractivity (Wildman–Crippen MR) is 75.5 cm³/mol. The zero-order chi connectivity index (χ0) is 13.1. The maximum absolute atomic E-state index is 13.3. The van der Waals surface area contributed by atoms with Gasteiger partial charge in [-0.15, -0.1) is 0 Å². The van der Waals surface area contributed by atoms with Crippen LogP contribution in [0.15, 0.2) is 45.3 Å². The standard InChI is InChI=1S/C13H9Br2F2N/c14-10-3-2-9(6-13(10)17)18-7-8-1-4-12(16)11(15)5-8/h1-6,18H,7H2. The first kappa shape index (κ1) is 13.5. The Balaban J connectivity index is 2.06. The van der Waals surface area contributed by atoms with Crippen molar-refractivity contribution in [1.29, 1.82) is 0 Å². The van der Waals surface area contributed by atoms with Gasteiger partial charge in [-0.05, 0) is 67.8 Å². The van der Waals surface area contributed by atoms with Crippen molar-refractivity contribution in [3.05, 3.63) is 62.5 Å².